The first kappa shape index (κ1) is 24.5. The van der Waals surface area contributed by atoms with Crippen LogP contribution in [-0.2, 0) is 11.2 Å². The van der Waals surface area contributed by atoms with Gasteiger partial charge in [-0.3, -0.25) is 9.59 Å². The van der Waals surface area contributed by atoms with E-state index in [4.69, 9.17) is 4.98 Å². The molecular weight excluding hydrogens is 414 g/mol. The number of benzene rings is 2. The van der Waals surface area contributed by atoms with Crippen LogP contribution in [0.15, 0.2) is 48.5 Å². The molecule has 0 aliphatic rings. The maximum atomic E-state index is 13.0. The Hall–Kier alpha value is -3.15. The second-order valence-electron chi connectivity index (χ2n) is 9.13. The van der Waals surface area contributed by atoms with E-state index in [9.17, 15) is 14.7 Å². The Labute approximate surface area is 196 Å². The van der Waals surface area contributed by atoms with E-state index < -0.39 is 12.0 Å². The third kappa shape index (κ3) is 6.21. The van der Waals surface area contributed by atoms with Gasteiger partial charge in [-0.2, -0.15) is 0 Å². The lowest BCUT2D eigenvalue weighted by Crippen LogP contribution is -2.37. The maximum absolute atomic E-state index is 13.0. The smallest absolute Gasteiger partial charge is 0.305 e. The van der Waals surface area contributed by atoms with Gasteiger partial charge in [0, 0.05) is 24.1 Å². The largest absolute Gasteiger partial charge is 0.481 e. The quantitative estimate of drug-likeness (QED) is 0.399. The molecule has 0 bridgehead atoms. The molecule has 2 N–H and O–H groups in total. The number of carbonyl (C=O) groups is 2. The molecule has 176 valence electrons. The number of aromatic nitrogens is 2. The van der Waals surface area contributed by atoms with Crippen LogP contribution >= 0.6 is 0 Å². The van der Waals surface area contributed by atoms with Gasteiger partial charge in [0.2, 0.25) is 0 Å². The zero-order valence-corrected chi connectivity index (χ0v) is 20.0. The van der Waals surface area contributed by atoms with Crippen LogP contribution in [0.3, 0.4) is 0 Å². The fourth-order valence-corrected chi connectivity index (χ4v) is 4.50. The molecule has 0 fully saturated rings. The highest BCUT2D eigenvalue weighted by Crippen LogP contribution is 2.28. The lowest BCUT2D eigenvalue weighted by atomic mass is 10.0. The van der Waals surface area contributed by atoms with Crippen molar-refractivity contribution in [1.82, 2.24) is 14.9 Å². The second-order valence-corrected chi connectivity index (χ2v) is 9.13. The summed E-state index contributed by atoms with van der Waals surface area (Å²) in [5, 5.41) is 12.1. The van der Waals surface area contributed by atoms with E-state index in [1.807, 2.05) is 50.2 Å². The molecule has 6 nitrogen and oxygen atoms in total. The van der Waals surface area contributed by atoms with Gasteiger partial charge >= 0.3 is 5.97 Å². The highest BCUT2D eigenvalue weighted by molar-refractivity contribution is 5.97. The van der Waals surface area contributed by atoms with Crippen LogP contribution in [0.5, 0.6) is 0 Å². The highest BCUT2D eigenvalue weighted by atomic mass is 16.4. The Balaban J connectivity index is 1.94. The number of rotatable bonds is 11. The summed E-state index contributed by atoms with van der Waals surface area (Å²) < 4.78 is 2.32. The summed E-state index contributed by atoms with van der Waals surface area (Å²) in [4.78, 5) is 29.1. The standard InChI is InChI=1S/C27H35N3O3/c1-5-22(6-2)30-24-13-12-20(27(33)28-21(14-18(3)4)17-26(31)32)16-23(24)29-25(30)15-19-10-8-7-9-11-19/h7-13,16,18,21-22H,5-6,14-15,17H2,1-4H3,(H,28,33)(H,31,32). The van der Waals surface area contributed by atoms with Crippen LogP contribution in [0.2, 0.25) is 0 Å². The van der Waals surface area contributed by atoms with Gasteiger partial charge in [-0.25, -0.2) is 4.98 Å². The molecule has 0 radical (unpaired) electrons. The fourth-order valence-electron chi connectivity index (χ4n) is 4.50. The van der Waals surface area contributed by atoms with Crippen molar-refractivity contribution in [3.8, 4) is 0 Å². The number of amides is 1. The fraction of sp³-hybridized carbons (Fsp3) is 0.444. The van der Waals surface area contributed by atoms with Crippen LogP contribution < -0.4 is 5.32 Å². The summed E-state index contributed by atoms with van der Waals surface area (Å²) in [6.45, 7) is 8.41. The molecular formula is C27H35N3O3. The van der Waals surface area contributed by atoms with E-state index in [1.54, 1.807) is 0 Å². The minimum atomic E-state index is -0.911. The molecule has 0 saturated heterocycles. The van der Waals surface area contributed by atoms with Crippen LogP contribution in [0.4, 0.5) is 0 Å². The summed E-state index contributed by atoms with van der Waals surface area (Å²) in [6.07, 6.45) is 3.25. The second kappa shape index (κ2) is 11.1. The Morgan fingerprint density at radius 2 is 1.76 bits per heavy atom. The maximum Gasteiger partial charge on any atom is 0.305 e. The van der Waals surface area contributed by atoms with E-state index >= 15 is 0 Å². The molecule has 33 heavy (non-hydrogen) atoms. The van der Waals surface area contributed by atoms with Gasteiger partial charge in [0.1, 0.15) is 5.82 Å². The normalized spacial score (nSPS) is 12.4. The minimum Gasteiger partial charge on any atom is -0.481 e. The number of carboxylic acid groups (broad SMARTS) is 1. The van der Waals surface area contributed by atoms with E-state index in [-0.39, 0.29) is 18.2 Å². The summed E-state index contributed by atoms with van der Waals surface area (Å²) in [7, 11) is 0. The SMILES string of the molecule is CCC(CC)n1c(Cc2ccccc2)nc2cc(C(=O)NC(CC(=O)O)CC(C)C)ccc21. The number of hydrogen-bond donors (Lipinski definition) is 2. The van der Waals surface area contributed by atoms with Gasteiger partial charge in [-0.05, 0) is 48.9 Å². The zero-order valence-electron chi connectivity index (χ0n) is 20.0. The lowest BCUT2D eigenvalue weighted by Gasteiger charge is -2.20. The van der Waals surface area contributed by atoms with Gasteiger partial charge in [0.25, 0.3) is 5.91 Å². The Bertz CT molecular complexity index is 1080. The van der Waals surface area contributed by atoms with Gasteiger partial charge in [0.05, 0.1) is 17.5 Å². The van der Waals surface area contributed by atoms with Gasteiger partial charge < -0.3 is 15.0 Å². The molecule has 1 unspecified atom stereocenters. The van der Waals surface area contributed by atoms with Crippen LogP contribution in [0.1, 0.15) is 81.2 Å². The average molecular weight is 450 g/mol. The van der Waals surface area contributed by atoms with Crippen LogP contribution in [0, 0.1) is 5.92 Å². The summed E-state index contributed by atoms with van der Waals surface area (Å²) >= 11 is 0. The van der Waals surface area contributed by atoms with E-state index in [2.05, 4.69) is 35.9 Å². The molecule has 0 spiro atoms. The van der Waals surface area contributed by atoms with E-state index in [1.165, 1.54) is 5.56 Å². The summed E-state index contributed by atoms with van der Waals surface area (Å²) in [6, 6.07) is 15.8. The van der Waals surface area contributed by atoms with E-state index in [0.717, 1.165) is 36.1 Å². The van der Waals surface area contributed by atoms with Crippen molar-refractivity contribution in [3.05, 3.63) is 65.5 Å². The molecule has 0 saturated carbocycles. The van der Waals surface area contributed by atoms with Crippen molar-refractivity contribution >= 4 is 22.9 Å². The summed E-state index contributed by atoms with van der Waals surface area (Å²) in [5.41, 5.74) is 3.51. The average Bonchev–Trinajstić information content (AvgIpc) is 3.11. The predicted molar refractivity (Wildman–Crippen MR) is 132 cm³/mol. The number of nitrogens with one attached hydrogen (secondary N) is 1. The number of carboxylic acids is 1. The minimum absolute atomic E-state index is 0.0866. The molecule has 1 aromatic heterocycles. The number of imidazole rings is 1. The van der Waals surface area contributed by atoms with Crippen molar-refractivity contribution in [2.45, 2.75) is 71.9 Å². The first-order valence-corrected chi connectivity index (χ1v) is 11.9. The zero-order chi connectivity index (χ0) is 24.0. The predicted octanol–water partition coefficient (Wildman–Crippen LogP) is 5.61. The third-order valence-corrected chi connectivity index (χ3v) is 6.05. The molecule has 1 atom stereocenters. The Morgan fingerprint density at radius 3 is 2.36 bits per heavy atom. The van der Waals surface area contributed by atoms with Crippen molar-refractivity contribution in [1.29, 1.82) is 0 Å². The molecule has 0 aliphatic heterocycles. The highest BCUT2D eigenvalue weighted by Gasteiger charge is 2.21. The number of aliphatic carboxylic acids is 1. The Morgan fingerprint density at radius 1 is 1.06 bits per heavy atom. The first-order valence-electron chi connectivity index (χ1n) is 11.9. The number of fused-ring (bicyclic) bond motifs is 1. The van der Waals surface area contributed by atoms with Crippen molar-refractivity contribution < 1.29 is 14.7 Å². The van der Waals surface area contributed by atoms with Crippen molar-refractivity contribution in [3.63, 3.8) is 0 Å². The lowest BCUT2D eigenvalue weighted by molar-refractivity contribution is -0.137. The Kier molecular flexibility index (Phi) is 8.26. The van der Waals surface area contributed by atoms with Crippen LogP contribution in [-0.4, -0.2) is 32.6 Å². The van der Waals surface area contributed by atoms with Gasteiger partial charge in [-0.15, -0.1) is 0 Å². The van der Waals surface area contributed by atoms with Crippen molar-refractivity contribution in [2.75, 3.05) is 0 Å². The number of carbonyl (C=O) groups excluding carboxylic acids is 1. The molecule has 6 heteroatoms. The van der Waals surface area contributed by atoms with Crippen molar-refractivity contribution in [2.24, 2.45) is 5.92 Å². The molecule has 1 amide bonds. The van der Waals surface area contributed by atoms with E-state index in [0.29, 0.717) is 18.0 Å². The monoisotopic (exact) mass is 449 g/mol. The molecule has 3 aromatic rings. The molecule has 3 rings (SSSR count). The van der Waals surface area contributed by atoms with Crippen LogP contribution in [0.25, 0.3) is 11.0 Å². The number of nitrogens with zero attached hydrogens (tertiary/aromatic N) is 2. The van der Waals surface area contributed by atoms with Gasteiger partial charge in [-0.1, -0.05) is 58.0 Å². The molecule has 2 aromatic carbocycles. The third-order valence-electron chi connectivity index (χ3n) is 6.05. The summed E-state index contributed by atoms with van der Waals surface area (Å²) in [5.74, 6) is 0.107. The molecule has 0 aliphatic carbocycles. The first-order chi connectivity index (χ1) is 15.8. The number of hydrogen-bond acceptors (Lipinski definition) is 3. The topological polar surface area (TPSA) is 84.2 Å². The van der Waals surface area contributed by atoms with Gasteiger partial charge in [0.15, 0.2) is 0 Å². The molecule has 1 heterocycles.